The van der Waals surface area contributed by atoms with Crippen LogP contribution < -0.4 is 0 Å². The number of aliphatic hydroxyl groups excluding tert-OH is 1. The molecule has 2 N–H and O–H groups in total. The van der Waals surface area contributed by atoms with Gasteiger partial charge in [-0.05, 0) is 6.07 Å². The fourth-order valence-electron chi connectivity index (χ4n) is 0.987. The molecule has 1 atom stereocenters. The Balaban J connectivity index is 3.22. The zero-order chi connectivity index (χ0) is 11.6. The molecule has 0 bridgehead atoms. The fourth-order valence-corrected chi connectivity index (χ4v) is 0.987. The maximum atomic E-state index is 13.0. The van der Waals surface area contributed by atoms with Gasteiger partial charge in [0, 0.05) is 17.7 Å². The lowest BCUT2D eigenvalue weighted by Crippen LogP contribution is -2.12. The smallest absolute Gasteiger partial charge is 0.337 e. The molecule has 1 aromatic carbocycles. The van der Waals surface area contributed by atoms with Gasteiger partial charge in [0.2, 0.25) is 0 Å². The quantitative estimate of drug-likeness (QED) is 0.575. The first-order chi connectivity index (χ1) is 6.93. The molecule has 1 aromatic rings. The highest BCUT2D eigenvalue weighted by Crippen LogP contribution is 2.22. The van der Waals surface area contributed by atoms with Crippen LogP contribution >= 0.6 is 0 Å². The lowest BCUT2D eigenvalue weighted by molar-refractivity contribution is -0.385. The highest BCUT2D eigenvalue weighted by atomic mass is 19.1. The maximum absolute atomic E-state index is 13.0. The van der Waals surface area contributed by atoms with Gasteiger partial charge in [0.15, 0.2) is 6.10 Å². The summed E-state index contributed by atoms with van der Waals surface area (Å²) in [6, 6.07) is 2.31. The molecular formula is C8H6FNO5. The molecule has 7 heteroatoms. The van der Waals surface area contributed by atoms with E-state index in [-0.39, 0.29) is 0 Å². The van der Waals surface area contributed by atoms with Crippen molar-refractivity contribution >= 4 is 11.7 Å². The number of nitrogens with zero attached hydrogens (tertiary/aromatic N) is 1. The van der Waals surface area contributed by atoms with Crippen molar-refractivity contribution in [3.63, 3.8) is 0 Å². The molecule has 6 nitrogen and oxygen atoms in total. The number of hydrogen-bond acceptors (Lipinski definition) is 4. The first kappa shape index (κ1) is 11.1. The number of carboxylic acid groups (broad SMARTS) is 1. The molecule has 1 rings (SSSR count). The summed E-state index contributed by atoms with van der Waals surface area (Å²) in [5, 5.41) is 27.7. The summed E-state index contributed by atoms with van der Waals surface area (Å²) in [5.41, 5.74) is -1.11. The topological polar surface area (TPSA) is 101 Å². The highest BCUT2D eigenvalue weighted by Gasteiger charge is 2.22. The normalized spacial score (nSPS) is 12.1. The van der Waals surface area contributed by atoms with Gasteiger partial charge in [-0.25, -0.2) is 9.18 Å². The predicted molar refractivity (Wildman–Crippen MR) is 45.7 cm³/mol. The molecule has 0 aliphatic carbocycles. The molecule has 0 amide bonds. The average Bonchev–Trinajstić information content (AvgIpc) is 2.16. The van der Waals surface area contributed by atoms with Gasteiger partial charge in [0.25, 0.3) is 5.69 Å². The van der Waals surface area contributed by atoms with E-state index in [9.17, 15) is 19.3 Å². The fraction of sp³-hybridized carbons (Fsp3) is 0.125. The van der Waals surface area contributed by atoms with E-state index in [0.717, 1.165) is 12.1 Å². The molecule has 0 saturated heterocycles. The molecule has 0 fully saturated rings. The Labute approximate surface area is 82.7 Å². The van der Waals surface area contributed by atoms with E-state index in [1.54, 1.807) is 0 Å². The first-order valence-electron chi connectivity index (χ1n) is 3.78. The van der Waals surface area contributed by atoms with Crippen LogP contribution in [0.5, 0.6) is 0 Å². The van der Waals surface area contributed by atoms with Crippen molar-refractivity contribution in [1.29, 1.82) is 0 Å². The second-order valence-electron chi connectivity index (χ2n) is 2.70. The van der Waals surface area contributed by atoms with Crippen LogP contribution in [0, 0.1) is 15.9 Å². The predicted octanol–water partition coefficient (Wildman–Crippen LogP) is 0.852. The van der Waals surface area contributed by atoms with E-state index >= 15 is 0 Å². The summed E-state index contributed by atoms with van der Waals surface area (Å²) < 4.78 is 13.0. The van der Waals surface area contributed by atoms with Crippen LogP contribution in [0.15, 0.2) is 18.2 Å². The van der Waals surface area contributed by atoms with E-state index in [0.29, 0.717) is 6.07 Å². The van der Waals surface area contributed by atoms with Gasteiger partial charge in [-0.15, -0.1) is 0 Å². The first-order valence-corrected chi connectivity index (χ1v) is 3.78. The molecule has 0 saturated carbocycles. The Hall–Kier alpha value is -2.02. The number of carboxylic acids is 1. The average molecular weight is 215 g/mol. The van der Waals surface area contributed by atoms with Crippen LogP contribution in [0.4, 0.5) is 10.1 Å². The number of hydrogen-bond donors (Lipinski definition) is 2. The Morgan fingerprint density at radius 3 is 2.60 bits per heavy atom. The second kappa shape index (κ2) is 4.01. The molecular weight excluding hydrogens is 209 g/mol. The van der Waals surface area contributed by atoms with E-state index in [4.69, 9.17) is 10.2 Å². The standard InChI is InChI=1S/C8H6FNO5/c9-6-2-1-4(10(14)15)3-5(6)7(11)8(12)13/h1-3,7,11H,(H,12,13)/t7-/m1/s1. The zero-order valence-corrected chi connectivity index (χ0v) is 7.25. The van der Waals surface area contributed by atoms with Gasteiger partial charge in [-0.1, -0.05) is 0 Å². The van der Waals surface area contributed by atoms with E-state index < -0.39 is 34.1 Å². The van der Waals surface area contributed by atoms with Gasteiger partial charge in [0.1, 0.15) is 5.82 Å². The number of nitro benzene ring substituents is 1. The minimum absolute atomic E-state index is 0.480. The molecule has 0 radical (unpaired) electrons. The number of rotatable bonds is 3. The number of aliphatic hydroxyl groups is 1. The summed E-state index contributed by atoms with van der Waals surface area (Å²) >= 11 is 0. The largest absolute Gasteiger partial charge is 0.479 e. The summed E-state index contributed by atoms with van der Waals surface area (Å²) in [6.45, 7) is 0. The zero-order valence-electron chi connectivity index (χ0n) is 7.25. The third-order valence-electron chi connectivity index (χ3n) is 1.72. The number of halogens is 1. The van der Waals surface area contributed by atoms with Crippen molar-refractivity contribution in [1.82, 2.24) is 0 Å². The molecule has 0 heterocycles. The van der Waals surface area contributed by atoms with Crippen LogP contribution in [-0.2, 0) is 4.79 Å². The van der Waals surface area contributed by atoms with Crippen molar-refractivity contribution in [3.8, 4) is 0 Å². The van der Waals surface area contributed by atoms with Crippen LogP contribution in [0.2, 0.25) is 0 Å². The third kappa shape index (κ3) is 2.26. The van der Waals surface area contributed by atoms with Crippen molar-refractivity contribution < 1.29 is 24.3 Å². The SMILES string of the molecule is O=C(O)[C@H](O)c1cc([N+](=O)[O-])ccc1F. The Morgan fingerprint density at radius 1 is 1.53 bits per heavy atom. The Bertz CT molecular complexity index is 419. The van der Waals surface area contributed by atoms with Gasteiger partial charge in [-0.2, -0.15) is 0 Å². The van der Waals surface area contributed by atoms with Crippen LogP contribution in [0.1, 0.15) is 11.7 Å². The lowest BCUT2D eigenvalue weighted by atomic mass is 10.1. The molecule has 80 valence electrons. The number of aliphatic carboxylic acids is 1. The molecule has 15 heavy (non-hydrogen) atoms. The third-order valence-corrected chi connectivity index (χ3v) is 1.72. The summed E-state index contributed by atoms with van der Waals surface area (Å²) in [6.07, 6.45) is -2.11. The Morgan fingerprint density at radius 2 is 2.13 bits per heavy atom. The van der Waals surface area contributed by atoms with Gasteiger partial charge < -0.3 is 10.2 Å². The van der Waals surface area contributed by atoms with Crippen molar-refractivity contribution in [3.05, 3.63) is 39.7 Å². The molecule has 0 spiro atoms. The number of nitro groups is 1. The summed E-state index contributed by atoms with van der Waals surface area (Å²) in [5.74, 6) is -2.68. The number of carbonyl (C=O) groups is 1. The van der Waals surface area contributed by atoms with Crippen molar-refractivity contribution in [2.45, 2.75) is 6.10 Å². The number of non-ortho nitro benzene ring substituents is 1. The molecule has 0 aliphatic heterocycles. The monoisotopic (exact) mass is 215 g/mol. The maximum Gasteiger partial charge on any atom is 0.337 e. The van der Waals surface area contributed by atoms with Gasteiger partial charge in [0.05, 0.1) is 4.92 Å². The van der Waals surface area contributed by atoms with Crippen LogP contribution in [0.25, 0.3) is 0 Å². The van der Waals surface area contributed by atoms with E-state index in [1.807, 2.05) is 0 Å². The van der Waals surface area contributed by atoms with E-state index in [1.165, 1.54) is 0 Å². The number of benzene rings is 1. The minimum Gasteiger partial charge on any atom is -0.479 e. The van der Waals surface area contributed by atoms with Crippen molar-refractivity contribution in [2.24, 2.45) is 0 Å². The van der Waals surface area contributed by atoms with Gasteiger partial charge >= 0.3 is 5.97 Å². The van der Waals surface area contributed by atoms with Gasteiger partial charge in [-0.3, -0.25) is 10.1 Å². The molecule has 0 aromatic heterocycles. The summed E-state index contributed by atoms with van der Waals surface area (Å²) in [7, 11) is 0. The highest BCUT2D eigenvalue weighted by molar-refractivity contribution is 5.74. The van der Waals surface area contributed by atoms with E-state index in [2.05, 4.69) is 0 Å². The van der Waals surface area contributed by atoms with Crippen LogP contribution in [0.3, 0.4) is 0 Å². The second-order valence-corrected chi connectivity index (χ2v) is 2.70. The molecule has 0 unspecified atom stereocenters. The van der Waals surface area contributed by atoms with Crippen LogP contribution in [-0.4, -0.2) is 21.1 Å². The summed E-state index contributed by atoms with van der Waals surface area (Å²) in [4.78, 5) is 19.8. The minimum atomic E-state index is -2.11. The molecule has 0 aliphatic rings. The van der Waals surface area contributed by atoms with Crippen molar-refractivity contribution in [2.75, 3.05) is 0 Å². The Kier molecular flexibility index (Phi) is 2.96. The lowest BCUT2D eigenvalue weighted by Gasteiger charge is -2.06.